The van der Waals surface area contributed by atoms with E-state index >= 15 is 0 Å². The number of nitro groups is 1. The Morgan fingerprint density at radius 1 is 1.44 bits per heavy atom. The molecular formula is C10H5ClIN3O3. The molecule has 0 fully saturated rings. The number of benzene rings is 1. The van der Waals surface area contributed by atoms with Gasteiger partial charge in [-0.15, -0.1) is 0 Å². The van der Waals surface area contributed by atoms with Gasteiger partial charge in [0.05, 0.1) is 8.49 Å². The molecule has 0 unspecified atom stereocenters. The van der Waals surface area contributed by atoms with Crippen molar-refractivity contribution in [3.8, 4) is 11.6 Å². The number of ether oxygens (including phenoxy) is 1. The van der Waals surface area contributed by atoms with E-state index in [1.165, 1.54) is 24.5 Å². The first-order chi connectivity index (χ1) is 8.58. The van der Waals surface area contributed by atoms with Crippen molar-refractivity contribution in [1.29, 1.82) is 0 Å². The Morgan fingerprint density at radius 3 is 2.89 bits per heavy atom. The van der Waals surface area contributed by atoms with Gasteiger partial charge in [-0.3, -0.25) is 10.1 Å². The van der Waals surface area contributed by atoms with Crippen LogP contribution < -0.4 is 4.74 Å². The molecule has 0 saturated carbocycles. The third-order valence-corrected chi connectivity index (χ3v) is 2.93. The molecule has 92 valence electrons. The van der Waals surface area contributed by atoms with Gasteiger partial charge in [0.1, 0.15) is 6.33 Å². The third kappa shape index (κ3) is 2.85. The van der Waals surface area contributed by atoms with Crippen molar-refractivity contribution < 1.29 is 9.66 Å². The zero-order valence-electron chi connectivity index (χ0n) is 8.71. The van der Waals surface area contributed by atoms with Gasteiger partial charge in [0.25, 0.3) is 0 Å². The first-order valence-electron chi connectivity index (χ1n) is 4.65. The summed E-state index contributed by atoms with van der Waals surface area (Å²) in [5.41, 5.74) is -0.172. The maximum atomic E-state index is 10.9. The van der Waals surface area contributed by atoms with Crippen LogP contribution in [0.3, 0.4) is 0 Å². The summed E-state index contributed by atoms with van der Waals surface area (Å²) < 4.78 is 6.04. The van der Waals surface area contributed by atoms with Gasteiger partial charge < -0.3 is 4.74 Å². The molecule has 8 heteroatoms. The van der Waals surface area contributed by atoms with Gasteiger partial charge in [0, 0.05) is 23.4 Å². The first-order valence-corrected chi connectivity index (χ1v) is 6.11. The van der Waals surface area contributed by atoms with Crippen LogP contribution in [-0.2, 0) is 0 Å². The molecule has 0 bridgehead atoms. The van der Waals surface area contributed by atoms with E-state index in [9.17, 15) is 10.1 Å². The molecule has 0 spiro atoms. The molecule has 6 nitrogen and oxygen atoms in total. The number of hydrogen-bond donors (Lipinski definition) is 0. The Bertz CT molecular complexity index is 609. The normalized spacial score (nSPS) is 10.1. The minimum absolute atomic E-state index is 0.0455. The molecule has 2 aromatic rings. The second-order valence-corrected chi connectivity index (χ2v) is 4.75. The van der Waals surface area contributed by atoms with Crippen molar-refractivity contribution in [2.45, 2.75) is 0 Å². The Morgan fingerprint density at radius 2 is 2.22 bits per heavy atom. The fourth-order valence-electron chi connectivity index (χ4n) is 1.20. The van der Waals surface area contributed by atoms with E-state index in [0.717, 1.165) is 0 Å². The quantitative estimate of drug-likeness (QED) is 0.465. The molecule has 0 aliphatic carbocycles. The Labute approximate surface area is 120 Å². The summed E-state index contributed by atoms with van der Waals surface area (Å²) in [6, 6.07) is 4.08. The maximum Gasteiger partial charge on any atom is 0.311 e. The van der Waals surface area contributed by atoms with Crippen LogP contribution in [0.2, 0.25) is 5.02 Å². The molecule has 2 rings (SSSR count). The van der Waals surface area contributed by atoms with Crippen LogP contribution in [0, 0.1) is 13.7 Å². The summed E-state index contributed by atoms with van der Waals surface area (Å²) in [4.78, 5) is 18.0. The van der Waals surface area contributed by atoms with E-state index < -0.39 is 4.92 Å². The third-order valence-electron chi connectivity index (χ3n) is 1.96. The Balaban J connectivity index is 2.42. The maximum absolute atomic E-state index is 10.9. The lowest BCUT2D eigenvalue weighted by Crippen LogP contribution is -1.96. The van der Waals surface area contributed by atoms with E-state index in [1.54, 1.807) is 6.20 Å². The second-order valence-electron chi connectivity index (χ2n) is 3.15. The largest absolute Gasteiger partial charge is 0.431 e. The Hall–Kier alpha value is -1.48. The van der Waals surface area contributed by atoms with Crippen LogP contribution in [0.5, 0.6) is 11.6 Å². The van der Waals surface area contributed by atoms with Crippen LogP contribution in [-0.4, -0.2) is 14.9 Å². The van der Waals surface area contributed by atoms with Crippen LogP contribution in [0.4, 0.5) is 5.69 Å². The molecule has 0 saturated heterocycles. The van der Waals surface area contributed by atoms with Crippen LogP contribution in [0.1, 0.15) is 0 Å². The molecule has 0 N–H and O–H groups in total. The van der Waals surface area contributed by atoms with Crippen molar-refractivity contribution in [1.82, 2.24) is 9.97 Å². The van der Waals surface area contributed by atoms with E-state index in [4.69, 9.17) is 16.3 Å². The van der Waals surface area contributed by atoms with Gasteiger partial charge in [0.2, 0.25) is 11.6 Å². The highest BCUT2D eigenvalue weighted by Gasteiger charge is 2.17. The minimum Gasteiger partial charge on any atom is -0.431 e. The van der Waals surface area contributed by atoms with Crippen molar-refractivity contribution in [3.05, 3.63) is 49.4 Å². The molecule has 0 aliphatic rings. The minimum atomic E-state index is -0.542. The van der Waals surface area contributed by atoms with Gasteiger partial charge in [0.15, 0.2) is 0 Å². The number of nitro benzene ring substituents is 1. The number of nitrogens with zero attached hydrogens (tertiary/aromatic N) is 3. The van der Waals surface area contributed by atoms with Crippen molar-refractivity contribution in [2.75, 3.05) is 0 Å². The molecule has 18 heavy (non-hydrogen) atoms. The van der Waals surface area contributed by atoms with E-state index in [-0.39, 0.29) is 17.3 Å². The number of halogens is 2. The van der Waals surface area contributed by atoms with Crippen molar-refractivity contribution in [2.24, 2.45) is 0 Å². The highest BCUT2D eigenvalue weighted by atomic mass is 127. The molecule has 0 radical (unpaired) electrons. The fourth-order valence-corrected chi connectivity index (χ4v) is 1.77. The lowest BCUT2D eigenvalue weighted by Gasteiger charge is -2.06. The SMILES string of the molecule is O=[N+]([O-])c1ccc(Cl)cc1Oc1ncncc1I. The molecule has 1 heterocycles. The van der Waals surface area contributed by atoms with Gasteiger partial charge in [-0.05, 0) is 28.7 Å². The van der Waals surface area contributed by atoms with Gasteiger partial charge in [-0.2, -0.15) is 0 Å². The second kappa shape index (κ2) is 5.44. The molecule has 0 aliphatic heterocycles. The summed E-state index contributed by atoms with van der Waals surface area (Å²) in [5, 5.41) is 11.2. The summed E-state index contributed by atoms with van der Waals surface area (Å²) in [6.07, 6.45) is 2.84. The summed E-state index contributed by atoms with van der Waals surface area (Å²) >= 11 is 7.76. The molecular weight excluding hydrogens is 372 g/mol. The smallest absolute Gasteiger partial charge is 0.311 e. The summed E-state index contributed by atoms with van der Waals surface area (Å²) in [6.45, 7) is 0. The fraction of sp³-hybridized carbons (Fsp3) is 0. The lowest BCUT2D eigenvalue weighted by molar-refractivity contribution is -0.385. The predicted molar refractivity (Wildman–Crippen MR) is 72.9 cm³/mol. The van der Waals surface area contributed by atoms with Gasteiger partial charge >= 0.3 is 5.69 Å². The number of aromatic nitrogens is 2. The van der Waals surface area contributed by atoms with Crippen molar-refractivity contribution >= 4 is 39.9 Å². The highest BCUT2D eigenvalue weighted by Crippen LogP contribution is 2.34. The van der Waals surface area contributed by atoms with Gasteiger partial charge in [-0.25, -0.2) is 9.97 Å². The lowest BCUT2D eigenvalue weighted by atomic mass is 10.3. The number of hydrogen-bond acceptors (Lipinski definition) is 5. The van der Waals surface area contributed by atoms with Crippen molar-refractivity contribution in [3.63, 3.8) is 0 Å². The average Bonchev–Trinajstić information content (AvgIpc) is 2.32. The van der Waals surface area contributed by atoms with E-state index in [0.29, 0.717) is 8.59 Å². The van der Waals surface area contributed by atoms with Gasteiger partial charge in [-0.1, -0.05) is 11.6 Å². The van der Waals surface area contributed by atoms with Crippen LogP contribution >= 0.6 is 34.2 Å². The monoisotopic (exact) mass is 377 g/mol. The molecule has 1 aromatic carbocycles. The van der Waals surface area contributed by atoms with Crippen LogP contribution in [0.15, 0.2) is 30.7 Å². The van der Waals surface area contributed by atoms with Crippen LogP contribution in [0.25, 0.3) is 0 Å². The standard InChI is InChI=1S/C10H5ClIN3O3/c11-6-1-2-8(15(16)17)9(3-6)18-10-7(12)4-13-5-14-10/h1-5H. The van der Waals surface area contributed by atoms with E-state index in [1.807, 2.05) is 22.6 Å². The zero-order chi connectivity index (χ0) is 13.1. The zero-order valence-corrected chi connectivity index (χ0v) is 11.6. The van der Waals surface area contributed by atoms with E-state index in [2.05, 4.69) is 9.97 Å². The molecule has 0 atom stereocenters. The summed E-state index contributed by atoms with van der Waals surface area (Å²) in [7, 11) is 0. The molecule has 0 amide bonds. The topological polar surface area (TPSA) is 78.2 Å². The Kier molecular flexibility index (Phi) is 3.92. The average molecular weight is 378 g/mol. The highest BCUT2D eigenvalue weighted by molar-refractivity contribution is 14.1. The molecule has 1 aromatic heterocycles. The summed E-state index contributed by atoms with van der Waals surface area (Å²) in [5.74, 6) is 0.292. The predicted octanol–water partition coefficient (Wildman–Crippen LogP) is 3.44. The number of rotatable bonds is 3. The first kappa shape index (κ1) is 13.0.